The summed E-state index contributed by atoms with van der Waals surface area (Å²) in [5.74, 6) is 0.383. The van der Waals surface area contributed by atoms with Crippen LogP contribution in [0.5, 0.6) is 0 Å². The van der Waals surface area contributed by atoms with Crippen LogP contribution in [0.2, 0.25) is 0 Å². The number of nitrogens with zero attached hydrogens (tertiary/aromatic N) is 1. The average Bonchev–Trinajstić information content (AvgIpc) is 2.37. The van der Waals surface area contributed by atoms with Gasteiger partial charge in [-0.15, -0.1) is 0 Å². The molecule has 1 atom stereocenters. The van der Waals surface area contributed by atoms with Crippen LogP contribution in [0.3, 0.4) is 0 Å². The molecule has 0 unspecified atom stereocenters. The second-order valence-corrected chi connectivity index (χ2v) is 5.03. The molecule has 0 spiro atoms. The highest BCUT2D eigenvalue weighted by Crippen LogP contribution is 2.27. The Balaban J connectivity index is 2.57. The van der Waals surface area contributed by atoms with Crippen LogP contribution in [0.25, 0.3) is 0 Å². The molecule has 1 aromatic heterocycles. The summed E-state index contributed by atoms with van der Waals surface area (Å²) in [4.78, 5) is 14.7. The van der Waals surface area contributed by atoms with E-state index in [4.69, 9.17) is 10.00 Å². The summed E-state index contributed by atoms with van der Waals surface area (Å²) in [5.41, 5.74) is 2.79. The molecular formula is C14H18N2O2. The van der Waals surface area contributed by atoms with Gasteiger partial charge in [-0.25, -0.2) is 0 Å². The van der Waals surface area contributed by atoms with Crippen LogP contribution in [0.15, 0.2) is 4.79 Å². The lowest BCUT2D eigenvalue weighted by Crippen LogP contribution is -2.31. The summed E-state index contributed by atoms with van der Waals surface area (Å²) < 4.78 is 5.82. The van der Waals surface area contributed by atoms with Crippen LogP contribution >= 0.6 is 0 Å². The largest absolute Gasteiger partial charge is 0.373 e. The highest BCUT2D eigenvalue weighted by molar-refractivity contribution is 5.44. The van der Waals surface area contributed by atoms with Gasteiger partial charge in [0.25, 0.3) is 5.56 Å². The van der Waals surface area contributed by atoms with Gasteiger partial charge in [0.15, 0.2) is 0 Å². The maximum Gasteiger partial charge on any atom is 0.266 e. The van der Waals surface area contributed by atoms with Crippen molar-refractivity contribution in [2.45, 2.75) is 46.3 Å². The number of hydrogen-bond acceptors (Lipinski definition) is 3. The SMILES string of the molecule is CCc1[nH]c(=O)c(C#N)c2c1CO[C@H](C(C)C)C2. The number of ether oxygens (including phenoxy) is 1. The fourth-order valence-corrected chi connectivity index (χ4v) is 2.44. The molecular weight excluding hydrogens is 228 g/mol. The number of hydrogen-bond donors (Lipinski definition) is 1. The summed E-state index contributed by atoms with van der Waals surface area (Å²) >= 11 is 0. The minimum atomic E-state index is -0.266. The first-order valence-corrected chi connectivity index (χ1v) is 6.37. The van der Waals surface area contributed by atoms with Crippen LogP contribution in [-0.4, -0.2) is 11.1 Å². The molecule has 1 aliphatic rings. The highest BCUT2D eigenvalue weighted by atomic mass is 16.5. The van der Waals surface area contributed by atoms with Crippen molar-refractivity contribution >= 4 is 0 Å². The quantitative estimate of drug-likeness (QED) is 0.866. The molecule has 0 amide bonds. The Morgan fingerprint density at radius 2 is 2.22 bits per heavy atom. The Morgan fingerprint density at radius 3 is 2.78 bits per heavy atom. The third-order valence-electron chi connectivity index (χ3n) is 3.58. The van der Waals surface area contributed by atoms with Crippen molar-refractivity contribution in [3.63, 3.8) is 0 Å². The van der Waals surface area contributed by atoms with E-state index in [1.54, 1.807) is 0 Å². The van der Waals surface area contributed by atoms with Crippen molar-refractivity contribution < 1.29 is 4.74 Å². The van der Waals surface area contributed by atoms with Crippen LogP contribution in [0.1, 0.15) is 43.2 Å². The van der Waals surface area contributed by atoms with E-state index in [-0.39, 0.29) is 17.2 Å². The number of fused-ring (bicyclic) bond motifs is 1. The minimum absolute atomic E-state index is 0.0936. The molecule has 4 nitrogen and oxygen atoms in total. The van der Waals surface area contributed by atoms with Gasteiger partial charge in [-0.3, -0.25) is 4.79 Å². The van der Waals surface area contributed by atoms with Crippen molar-refractivity contribution in [2.75, 3.05) is 0 Å². The summed E-state index contributed by atoms with van der Waals surface area (Å²) in [6.45, 7) is 6.67. The van der Waals surface area contributed by atoms with Gasteiger partial charge in [-0.2, -0.15) is 5.26 Å². The zero-order valence-electron chi connectivity index (χ0n) is 11.0. The molecule has 1 aliphatic heterocycles. The predicted molar refractivity (Wildman–Crippen MR) is 68.3 cm³/mol. The van der Waals surface area contributed by atoms with Crippen LogP contribution in [0.4, 0.5) is 0 Å². The zero-order chi connectivity index (χ0) is 13.3. The molecule has 4 heteroatoms. The summed E-state index contributed by atoms with van der Waals surface area (Å²) in [6.07, 6.45) is 1.50. The van der Waals surface area contributed by atoms with Crippen molar-refractivity contribution in [2.24, 2.45) is 5.92 Å². The van der Waals surface area contributed by atoms with E-state index in [0.29, 0.717) is 18.9 Å². The molecule has 0 radical (unpaired) electrons. The molecule has 1 N–H and O–H groups in total. The van der Waals surface area contributed by atoms with Gasteiger partial charge < -0.3 is 9.72 Å². The average molecular weight is 246 g/mol. The van der Waals surface area contributed by atoms with Crippen molar-refractivity contribution in [1.29, 1.82) is 5.26 Å². The van der Waals surface area contributed by atoms with E-state index in [1.165, 1.54) is 0 Å². The summed E-state index contributed by atoms with van der Waals surface area (Å²) in [5, 5.41) is 9.15. The van der Waals surface area contributed by atoms with Crippen LogP contribution in [0, 0.1) is 17.2 Å². The van der Waals surface area contributed by atoms with Gasteiger partial charge in [0.1, 0.15) is 11.6 Å². The van der Waals surface area contributed by atoms with Crippen molar-refractivity contribution in [3.8, 4) is 6.07 Å². The maximum atomic E-state index is 11.9. The maximum absolute atomic E-state index is 11.9. The summed E-state index contributed by atoms with van der Waals surface area (Å²) in [6, 6.07) is 2.03. The summed E-state index contributed by atoms with van der Waals surface area (Å²) in [7, 11) is 0. The lowest BCUT2D eigenvalue weighted by Gasteiger charge is -2.29. The molecule has 0 fully saturated rings. The molecule has 0 aliphatic carbocycles. The zero-order valence-corrected chi connectivity index (χ0v) is 11.0. The fraction of sp³-hybridized carbons (Fsp3) is 0.571. The number of pyridine rings is 1. The molecule has 0 bridgehead atoms. The number of H-pyrrole nitrogens is 1. The Bertz CT molecular complexity index is 552. The Morgan fingerprint density at radius 1 is 1.50 bits per heavy atom. The Labute approximate surface area is 107 Å². The number of aryl methyl sites for hydroxylation is 1. The topological polar surface area (TPSA) is 65.9 Å². The van der Waals surface area contributed by atoms with Gasteiger partial charge in [0.05, 0.1) is 12.7 Å². The number of nitrogens with one attached hydrogen (secondary N) is 1. The van der Waals surface area contributed by atoms with E-state index in [0.717, 1.165) is 23.2 Å². The molecule has 0 aromatic carbocycles. The predicted octanol–water partition coefficient (Wildman–Crippen LogP) is 1.91. The third kappa shape index (κ3) is 2.06. The molecule has 1 aromatic rings. The van der Waals surface area contributed by atoms with Gasteiger partial charge in [0.2, 0.25) is 0 Å². The van der Waals surface area contributed by atoms with E-state index in [2.05, 4.69) is 18.8 Å². The first-order valence-electron chi connectivity index (χ1n) is 6.37. The standard InChI is InChI=1S/C14H18N2O2/c1-4-12-11-7-18-13(8(2)3)5-9(11)10(6-15)14(17)16-12/h8,13H,4-5,7H2,1-3H3,(H,16,17)/t13-/m0/s1. The van der Waals surface area contributed by atoms with Gasteiger partial charge >= 0.3 is 0 Å². The van der Waals surface area contributed by atoms with Gasteiger partial charge in [0, 0.05) is 17.7 Å². The van der Waals surface area contributed by atoms with E-state index in [1.807, 2.05) is 13.0 Å². The van der Waals surface area contributed by atoms with Gasteiger partial charge in [-0.1, -0.05) is 20.8 Å². The molecule has 2 heterocycles. The highest BCUT2D eigenvalue weighted by Gasteiger charge is 2.27. The molecule has 0 saturated heterocycles. The molecule has 2 rings (SSSR count). The minimum Gasteiger partial charge on any atom is -0.373 e. The number of aromatic nitrogens is 1. The Hall–Kier alpha value is -1.60. The number of aromatic amines is 1. The molecule has 0 saturated carbocycles. The van der Waals surface area contributed by atoms with E-state index in [9.17, 15) is 4.79 Å². The van der Waals surface area contributed by atoms with E-state index >= 15 is 0 Å². The third-order valence-corrected chi connectivity index (χ3v) is 3.58. The first kappa shape index (κ1) is 12.8. The molecule has 96 valence electrons. The van der Waals surface area contributed by atoms with E-state index < -0.39 is 0 Å². The number of rotatable bonds is 2. The lowest BCUT2D eigenvalue weighted by atomic mass is 9.90. The second-order valence-electron chi connectivity index (χ2n) is 5.03. The Kier molecular flexibility index (Phi) is 3.53. The number of nitriles is 1. The first-order chi connectivity index (χ1) is 8.58. The second kappa shape index (κ2) is 4.95. The van der Waals surface area contributed by atoms with Gasteiger partial charge in [-0.05, 0) is 17.9 Å². The fourth-order valence-electron chi connectivity index (χ4n) is 2.44. The smallest absolute Gasteiger partial charge is 0.266 e. The van der Waals surface area contributed by atoms with Crippen molar-refractivity contribution in [1.82, 2.24) is 4.98 Å². The van der Waals surface area contributed by atoms with Crippen LogP contribution < -0.4 is 5.56 Å². The molecule has 18 heavy (non-hydrogen) atoms. The van der Waals surface area contributed by atoms with Crippen molar-refractivity contribution in [3.05, 3.63) is 32.7 Å². The van der Waals surface area contributed by atoms with Crippen LogP contribution in [-0.2, 0) is 24.2 Å². The normalized spacial score (nSPS) is 18.5. The monoisotopic (exact) mass is 246 g/mol. The lowest BCUT2D eigenvalue weighted by molar-refractivity contribution is -0.00106.